The molecule has 3 nitrogen and oxygen atoms in total. The Bertz CT molecular complexity index is 199. The predicted molar refractivity (Wildman–Crippen MR) is 62.0 cm³/mol. The molecule has 0 radical (unpaired) electrons. The lowest BCUT2D eigenvalue weighted by Gasteiger charge is -2.36. The summed E-state index contributed by atoms with van der Waals surface area (Å²) in [5.74, 6) is 1.52. The highest BCUT2D eigenvalue weighted by Crippen LogP contribution is 2.15. The van der Waals surface area contributed by atoms with Crippen LogP contribution in [0.2, 0.25) is 0 Å². The van der Waals surface area contributed by atoms with E-state index in [0.717, 1.165) is 25.4 Å². The van der Waals surface area contributed by atoms with E-state index in [-0.39, 0.29) is 0 Å². The summed E-state index contributed by atoms with van der Waals surface area (Å²) >= 11 is 0. The fraction of sp³-hybridized carbons (Fsp3) is 1.00. The Hall–Kier alpha value is 0.0700. The van der Waals surface area contributed by atoms with Crippen LogP contribution in [-0.4, -0.2) is 53.8 Å². The van der Waals surface area contributed by atoms with Gasteiger partial charge in [-0.25, -0.2) is 0 Å². The second kappa shape index (κ2) is 5.83. The Morgan fingerprint density at radius 1 is 1.57 bits per heavy atom. The van der Waals surface area contributed by atoms with Crippen molar-refractivity contribution < 1.29 is 4.21 Å². The van der Waals surface area contributed by atoms with Crippen LogP contribution in [0.25, 0.3) is 0 Å². The van der Waals surface area contributed by atoms with E-state index >= 15 is 0 Å². The number of nitrogens with one attached hydrogen (secondary N) is 1. The highest BCUT2D eigenvalue weighted by Gasteiger charge is 2.24. The molecular weight excluding hydrogens is 196 g/mol. The SMILES string of the molecule is CNC1CCN(CCS(C)=O)CC1C. The Labute approximate surface area is 89.7 Å². The molecule has 1 N–H and O–H groups in total. The summed E-state index contributed by atoms with van der Waals surface area (Å²) in [6.07, 6.45) is 3.00. The lowest BCUT2D eigenvalue weighted by molar-refractivity contribution is 0.159. The molecule has 4 heteroatoms. The van der Waals surface area contributed by atoms with E-state index in [2.05, 4.69) is 17.1 Å². The van der Waals surface area contributed by atoms with Gasteiger partial charge in [-0.2, -0.15) is 0 Å². The zero-order valence-corrected chi connectivity index (χ0v) is 10.3. The number of likely N-dealkylation sites (tertiary alicyclic amines) is 1. The molecule has 0 spiro atoms. The van der Waals surface area contributed by atoms with Crippen molar-refractivity contribution in [2.24, 2.45) is 5.92 Å². The van der Waals surface area contributed by atoms with E-state index in [0.29, 0.717) is 12.0 Å². The molecule has 0 aromatic heterocycles. The van der Waals surface area contributed by atoms with Crippen LogP contribution in [-0.2, 0) is 10.8 Å². The fourth-order valence-corrected chi connectivity index (χ4v) is 2.64. The van der Waals surface area contributed by atoms with Gasteiger partial charge >= 0.3 is 0 Å². The quantitative estimate of drug-likeness (QED) is 0.736. The summed E-state index contributed by atoms with van der Waals surface area (Å²) in [4.78, 5) is 2.43. The van der Waals surface area contributed by atoms with Crippen molar-refractivity contribution in [2.75, 3.05) is 38.7 Å². The van der Waals surface area contributed by atoms with E-state index in [4.69, 9.17) is 0 Å². The molecule has 0 aromatic rings. The molecule has 1 heterocycles. The van der Waals surface area contributed by atoms with Crippen LogP contribution >= 0.6 is 0 Å². The Balaban J connectivity index is 2.27. The van der Waals surface area contributed by atoms with Crippen molar-refractivity contribution in [3.63, 3.8) is 0 Å². The number of piperidine rings is 1. The van der Waals surface area contributed by atoms with Gasteiger partial charge < -0.3 is 10.2 Å². The predicted octanol–water partition coefficient (Wildman–Crippen LogP) is 0.295. The summed E-state index contributed by atoms with van der Waals surface area (Å²) in [7, 11) is 1.39. The van der Waals surface area contributed by atoms with Gasteiger partial charge in [0.25, 0.3) is 0 Å². The molecule has 0 aliphatic carbocycles. The van der Waals surface area contributed by atoms with Crippen molar-refractivity contribution in [1.29, 1.82) is 0 Å². The van der Waals surface area contributed by atoms with Gasteiger partial charge in [-0.15, -0.1) is 0 Å². The van der Waals surface area contributed by atoms with Gasteiger partial charge in [0.15, 0.2) is 0 Å². The van der Waals surface area contributed by atoms with Gasteiger partial charge in [0, 0.05) is 41.9 Å². The first-order valence-electron chi connectivity index (χ1n) is 5.33. The van der Waals surface area contributed by atoms with Crippen LogP contribution in [0.15, 0.2) is 0 Å². The molecule has 1 fully saturated rings. The lowest BCUT2D eigenvalue weighted by Crippen LogP contribution is -2.48. The standard InChI is InChI=1S/C10H22N2OS/c1-9-8-12(6-7-14(3)13)5-4-10(9)11-2/h9-11H,4-8H2,1-3H3. The Morgan fingerprint density at radius 2 is 2.29 bits per heavy atom. The Kier molecular flexibility index (Phi) is 5.06. The van der Waals surface area contributed by atoms with E-state index in [1.54, 1.807) is 6.26 Å². The topological polar surface area (TPSA) is 32.3 Å². The van der Waals surface area contributed by atoms with Crippen molar-refractivity contribution >= 4 is 10.8 Å². The third kappa shape index (κ3) is 3.67. The number of hydrogen-bond donors (Lipinski definition) is 1. The highest BCUT2D eigenvalue weighted by molar-refractivity contribution is 7.84. The number of rotatable bonds is 4. The van der Waals surface area contributed by atoms with Crippen LogP contribution in [0.3, 0.4) is 0 Å². The van der Waals surface area contributed by atoms with Gasteiger partial charge in [-0.3, -0.25) is 4.21 Å². The normalized spacial score (nSPS) is 31.6. The highest BCUT2D eigenvalue weighted by atomic mass is 32.2. The smallest absolute Gasteiger partial charge is 0.0359 e. The van der Waals surface area contributed by atoms with Gasteiger partial charge in [0.1, 0.15) is 0 Å². The van der Waals surface area contributed by atoms with E-state index in [9.17, 15) is 4.21 Å². The van der Waals surface area contributed by atoms with Crippen molar-refractivity contribution in [2.45, 2.75) is 19.4 Å². The van der Waals surface area contributed by atoms with Gasteiger partial charge in [0.2, 0.25) is 0 Å². The van der Waals surface area contributed by atoms with Crippen LogP contribution in [0.5, 0.6) is 0 Å². The van der Waals surface area contributed by atoms with Crippen LogP contribution < -0.4 is 5.32 Å². The summed E-state index contributed by atoms with van der Waals surface area (Å²) in [6, 6.07) is 0.665. The van der Waals surface area contributed by atoms with Gasteiger partial charge in [-0.1, -0.05) is 6.92 Å². The first kappa shape index (κ1) is 12.1. The van der Waals surface area contributed by atoms with Crippen molar-refractivity contribution in [3.05, 3.63) is 0 Å². The molecule has 1 saturated heterocycles. The zero-order chi connectivity index (χ0) is 10.6. The third-order valence-corrected chi connectivity index (χ3v) is 3.81. The minimum Gasteiger partial charge on any atom is -0.317 e. The largest absolute Gasteiger partial charge is 0.317 e. The van der Waals surface area contributed by atoms with Crippen molar-refractivity contribution in [3.8, 4) is 0 Å². The molecule has 0 saturated carbocycles. The van der Waals surface area contributed by atoms with Crippen LogP contribution in [0.1, 0.15) is 13.3 Å². The maximum absolute atomic E-state index is 11.0. The third-order valence-electron chi connectivity index (χ3n) is 3.06. The molecular formula is C10H22N2OS. The first-order valence-corrected chi connectivity index (χ1v) is 7.06. The number of nitrogens with zero attached hydrogens (tertiary/aromatic N) is 1. The van der Waals surface area contributed by atoms with Crippen molar-refractivity contribution in [1.82, 2.24) is 10.2 Å². The molecule has 3 atom stereocenters. The second-order valence-electron chi connectivity index (χ2n) is 4.24. The molecule has 1 aliphatic heterocycles. The van der Waals surface area contributed by atoms with E-state index in [1.807, 2.05) is 7.05 Å². The fourth-order valence-electron chi connectivity index (χ4n) is 2.12. The average Bonchev–Trinajstić information content (AvgIpc) is 2.15. The molecule has 3 unspecified atom stereocenters. The summed E-state index contributed by atoms with van der Waals surface area (Å²) in [6.45, 7) is 5.57. The molecule has 0 aromatic carbocycles. The van der Waals surface area contributed by atoms with E-state index < -0.39 is 10.8 Å². The monoisotopic (exact) mass is 218 g/mol. The number of hydrogen-bond acceptors (Lipinski definition) is 3. The minimum atomic E-state index is -0.646. The summed E-state index contributed by atoms with van der Waals surface area (Å²) < 4.78 is 11.0. The molecule has 0 amide bonds. The maximum atomic E-state index is 11.0. The van der Waals surface area contributed by atoms with Crippen LogP contribution in [0, 0.1) is 5.92 Å². The second-order valence-corrected chi connectivity index (χ2v) is 5.79. The summed E-state index contributed by atoms with van der Waals surface area (Å²) in [5.41, 5.74) is 0. The molecule has 14 heavy (non-hydrogen) atoms. The molecule has 84 valence electrons. The summed E-state index contributed by atoms with van der Waals surface area (Å²) in [5, 5.41) is 3.35. The molecule has 0 bridgehead atoms. The lowest BCUT2D eigenvalue weighted by atomic mass is 9.94. The van der Waals surface area contributed by atoms with Gasteiger partial charge in [-0.05, 0) is 25.9 Å². The first-order chi connectivity index (χ1) is 6.63. The van der Waals surface area contributed by atoms with E-state index in [1.165, 1.54) is 6.42 Å². The molecule has 1 aliphatic rings. The van der Waals surface area contributed by atoms with Gasteiger partial charge in [0.05, 0.1) is 0 Å². The Morgan fingerprint density at radius 3 is 2.79 bits per heavy atom. The minimum absolute atomic E-state index is 0.646. The van der Waals surface area contributed by atoms with Crippen LogP contribution in [0.4, 0.5) is 0 Å². The zero-order valence-electron chi connectivity index (χ0n) is 9.45. The molecule has 1 rings (SSSR count). The average molecular weight is 218 g/mol. The maximum Gasteiger partial charge on any atom is 0.0359 e.